The average Bonchev–Trinajstić information content (AvgIpc) is 3.47. The number of likely N-dealkylation sites (tertiary alicyclic amines) is 3. The standard InChI is InChI=1S/C35H42N4O4S/c40-32(38-20-14-35(15-21-38)29-9-3-4-10-30(29)36-34(42)43-35)23-25(22-26-24-44-31-11-5-2-8-28(26)31)33(41)39-18-12-27(13-19-39)37-16-6-1-7-17-37/h2-5,8-11,24-25,27H,1,6-7,12-23H2,(H,36,42)/t25-/m0/s1. The molecular weight excluding hydrogens is 572 g/mol. The highest BCUT2D eigenvalue weighted by Gasteiger charge is 2.45. The van der Waals surface area contributed by atoms with Crippen LogP contribution in [-0.4, -0.2) is 77.9 Å². The van der Waals surface area contributed by atoms with Gasteiger partial charge in [-0.3, -0.25) is 14.9 Å². The number of thiophene rings is 1. The van der Waals surface area contributed by atoms with Crippen molar-refractivity contribution in [1.29, 1.82) is 0 Å². The van der Waals surface area contributed by atoms with Gasteiger partial charge in [-0.05, 0) is 73.7 Å². The van der Waals surface area contributed by atoms with E-state index in [1.54, 1.807) is 11.3 Å². The Kier molecular flexibility index (Phi) is 8.33. The molecule has 9 heteroatoms. The van der Waals surface area contributed by atoms with Crippen LogP contribution < -0.4 is 5.32 Å². The fourth-order valence-corrected chi connectivity index (χ4v) is 8.86. The van der Waals surface area contributed by atoms with E-state index in [2.05, 4.69) is 27.7 Å². The molecule has 4 aliphatic heterocycles. The number of carbonyl (C=O) groups is 3. The molecule has 5 heterocycles. The molecule has 1 spiro atoms. The maximum atomic E-state index is 14.2. The molecule has 3 saturated heterocycles. The van der Waals surface area contributed by atoms with Crippen molar-refractivity contribution < 1.29 is 19.1 Å². The topological polar surface area (TPSA) is 82.2 Å². The molecule has 0 aliphatic carbocycles. The molecule has 0 saturated carbocycles. The monoisotopic (exact) mass is 614 g/mol. The van der Waals surface area contributed by atoms with Crippen molar-refractivity contribution in [2.75, 3.05) is 44.6 Å². The third-order valence-electron chi connectivity index (χ3n) is 10.3. The predicted molar refractivity (Wildman–Crippen MR) is 173 cm³/mol. The molecule has 3 aromatic rings. The Balaban J connectivity index is 1.05. The lowest BCUT2D eigenvalue weighted by molar-refractivity contribution is -0.144. The molecule has 4 aliphatic rings. The molecule has 232 valence electrons. The summed E-state index contributed by atoms with van der Waals surface area (Å²) in [5.41, 5.74) is 2.17. The molecule has 3 fully saturated rings. The number of amides is 3. The molecule has 0 radical (unpaired) electrons. The van der Waals surface area contributed by atoms with Crippen LogP contribution in [0.5, 0.6) is 0 Å². The van der Waals surface area contributed by atoms with Crippen LogP contribution in [0.2, 0.25) is 0 Å². The first-order valence-electron chi connectivity index (χ1n) is 16.3. The lowest BCUT2D eigenvalue weighted by Gasteiger charge is -2.44. The van der Waals surface area contributed by atoms with E-state index in [0.29, 0.717) is 38.4 Å². The van der Waals surface area contributed by atoms with Crippen molar-refractivity contribution in [2.24, 2.45) is 5.92 Å². The van der Waals surface area contributed by atoms with Crippen LogP contribution in [0, 0.1) is 5.92 Å². The second-order valence-corrected chi connectivity index (χ2v) is 13.9. The van der Waals surface area contributed by atoms with Gasteiger partial charge in [-0.25, -0.2) is 4.79 Å². The number of benzene rings is 2. The Morgan fingerprint density at radius 3 is 2.43 bits per heavy atom. The minimum absolute atomic E-state index is 0.00878. The molecule has 1 aromatic heterocycles. The van der Waals surface area contributed by atoms with Crippen LogP contribution in [0.15, 0.2) is 53.9 Å². The van der Waals surface area contributed by atoms with Crippen molar-refractivity contribution in [1.82, 2.24) is 14.7 Å². The number of nitrogens with zero attached hydrogens (tertiary/aromatic N) is 3. The number of hydrogen-bond acceptors (Lipinski definition) is 6. The van der Waals surface area contributed by atoms with E-state index >= 15 is 0 Å². The summed E-state index contributed by atoms with van der Waals surface area (Å²) in [4.78, 5) is 46.9. The van der Waals surface area contributed by atoms with Crippen molar-refractivity contribution in [3.05, 3.63) is 65.0 Å². The van der Waals surface area contributed by atoms with Gasteiger partial charge in [-0.2, -0.15) is 0 Å². The lowest BCUT2D eigenvalue weighted by atomic mass is 9.82. The molecule has 2 aromatic carbocycles. The number of anilines is 1. The van der Waals surface area contributed by atoms with Gasteiger partial charge in [0.15, 0.2) is 0 Å². The van der Waals surface area contributed by atoms with Crippen LogP contribution in [0.25, 0.3) is 10.1 Å². The van der Waals surface area contributed by atoms with Gasteiger partial charge in [0, 0.05) is 61.7 Å². The third-order valence-corrected chi connectivity index (χ3v) is 11.4. The van der Waals surface area contributed by atoms with Crippen molar-refractivity contribution in [3.63, 3.8) is 0 Å². The number of nitrogens with one attached hydrogen (secondary N) is 1. The Morgan fingerprint density at radius 1 is 0.909 bits per heavy atom. The van der Waals surface area contributed by atoms with E-state index in [0.717, 1.165) is 42.7 Å². The van der Waals surface area contributed by atoms with Gasteiger partial charge in [-0.15, -0.1) is 11.3 Å². The number of carbonyl (C=O) groups excluding carboxylic acids is 3. The summed E-state index contributed by atoms with van der Waals surface area (Å²) in [7, 11) is 0. The van der Waals surface area contributed by atoms with Crippen LogP contribution in [0.1, 0.15) is 62.5 Å². The van der Waals surface area contributed by atoms with Gasteiger partial charge in [-0.1, -0.05) is 42.8 Å². The van der Waals surface area contributed by atoms with Gasteiger partial charge >= 0.3 is 6.09 Å². The number of piperidine rings is 3. The average molecular weight is 615 g/mol. The fraction of sp³-hybridized carbons (Fsp3) is 0.514. The quantitative estimate of drug-likeness (QED) is 0.368. The van der Waals surface area contributed by atoms with E-state index in [1.165, 1.54) is 42.4 Å². The maximum absolute atomic E-state index is 14.2. The largest absolute Gasteiger partial charge is 0.438 e. The van der Waals surface area contributed by atoms with Crippen LogP contribution in [0.3, 0.4) is 0 Å². The molecule has 1 N–H and O–H groups in total. The molecule has 7 rings (SSSR count). The Bertz CT molecular complexity index is 1520. The number of fused-ring (bicyclic) bond motifs is 3. The highest BCUT2D eigenvalue weighted by molar-refractivity contribution is 7.17. The molecule has 1 atom stereocenters. The normalized spacial score (nSPS) is 21.5. The maximum Gasteiger partial charge on any atom is 0.412 e. The predicted octanol–water partition coefficient (Wildman–Crippen LogP) is 6.01. The molecular formula is C35H42N4O4S. The Hall–Kier alpha value is -3.43. The van der Waals surface area contributed by atoms with Gasteiger partial charge < -0.3 is 19.4 Å². The summed E-state index contributed by atoms with van der Waals surface area (Å²) >= 11 is 1.70. The number of ether oxygens (including phenoxy) is 1. The van der Waals surface area contributed by atoms with E-state index in [-0.39, 0.29) is 18.2 Å². The first-order chi connectivity index (χ1) is 21.5. The summed E-state index contributed by atoms with van der Waals surface area (Å²) in [5, 5.41) is 6.14. The molecule has 0 unspecified atom stereocenters. The van der Waals surface area contributed by atoms with Crippen LogP contribution in [-0.2, 0) is 26.3 Å². The van der Waals surface area contributed by atoms with E-state index in [9.17, 15) is 14.4 Å². The Morgan fingerprint density at radius 2 is 1.64 bits per heavy atom. The number of hydrogen-bond donors (Lipinski definition) is 1. The third kappa shape index (κ3) is 5.84. The van der Waals surface area contributed by atoms with Crippen molar-refractivity contribution >= 4 is 45.0 Å². The molecule has 44 heavy (non-hydrogen) atoms. The molecule has 8 nitrogen and oxygen atoms in total. The van der Waals surface area contributed by atoms with Gasteiger partial charge in [0.2, 0.25) is 11.8 Å². The first kappa shape index (κ1) is 29.3. The molecule has 0 bridgehead atoms. The van der Waals surface area contributed by atoms with Gasteiger partial charge in [0.25, 0.3) is 0 Å². The summed E-state index contributed by atoms with van der Waals surface area (Å²) in [5.74, 6) is -0.282. The van der Waals surface area contributed by atoms with Gasteiger partial charge in [0.05, 0.1) is 11.6 Å². The van der Waals surface area contributed by atoms with Gasteiger partial charge in [0.1, 0.15) is 5.60 Å². The SMILES string of the molecule is O=C1Nc2ccccc2C2(CCN(C(=O)C[C@H](Cc3csc4ccccc34)C(=O)N3CCC(N4CCCCC4)CC3)CC2)O1. The fourth-order valence-electron chi connectivity index (χ4n) is 7.88. The summed E-state index contributed by atoms with van der Waals surface area (Å²) < 4.78 is 7.09. The smallest absolute Gasteiger partial charge is 0.412 e. The lowest BCUT2D eigenvalue weighted by Crippen LogP contribution is -2.51. The minimum atomic E-state index is -0.723. The van der Waals surface area contributed by atoms with Crippen LogP contribution in [0.4, 0.5) is 10.5 Å². The van der Waals surface area contributed by atoms with E-state index in [4.69, 9.17) is 4.74 Å². The highest BCUT2D eigenvalue weighted by atomic mass is 32.1. The van der Waals surface area contributed by atoms with Crippen LogP contribution >= 0.6 is 11.3 Å². The number of para-hydroxylation sites is 1. The second-order valence-electron chi connectivity index (χ2n) is 13.0. The van der Waals surface area contributed by atoms with E-state index in [1.807, 2.05) is 46.2 Å². The zero-order chi connectivity index (χ0) is 30.1. The first-order valence-corrected chi connectivity index (χ1v) is 17.2. The Labute approximate surface area is 263 Å². The van der Waals surface area contributed by atoms with Crippen molar-refractivity contribution in [2.45, 2.75) is 69.4 Å². The summed E-state index contributed by atoms with van der Waals surface area (Å²) in [6.07, 6.45) is 7.31. The summed E-state index contributed by atoms with van der Waals surface area (Å²) in [6.45, 7) is 4.87. The number of rotatable bonds is 6. The zero-order valence-corrected chi connectivity index (χ0v) is 26.2. The van der Waals surface area contributed by atoms with E-state index < -0.39 is 17.6 Å². The molecule has 3 amide bonds. The second kappa shape index (κ2) is 12.5. The zero-order valence-electron chi connectivity index (χ0n) is 25.3. The summed E-state index contributed by atoms with van der Waals surface area (Å²) in [6, 6.07) is 16.6. The highest BCUT2D eigenvalue weighted by Crippen LogP contribution is 2.43. The minimum Gasteiger partial charge on any atom is -0.438 e. The van der Waals surface area contributed by atoms with Crippen molar-refractivity contribution in [3.8, 4) is 0 Å².